The number of nitrogens with zero attached hydrogens (tertiary/aromatic N) is 2. The second-order valence-electron chi connectivity index (χ2n) is 5.69. The zero-order chi connectivity index (χ0) is 13.4. The minimum absolute atomic E-state index is 0.166. The van der Waals surface area contributed by atoms with Gasteiger partial charge < -0.3 is 5.32 Å². The molecule has 0 aromatic carbocycles. The van der Waals surface area contributed by atoms with Crippen LogP contribution in [0, 0.1) is 10.8 Å². The number of nitrogens with one attached hydrogen (secondary N) is 2. The topological polar surface area (TPSA) is 47.4 Å². The molecule has 2 N–H and O–H groups in total. The molecule has 3 rings (SSSR count). The Morgan fingerprint density at radius 3 is 3.16 bits per heavy atom. The van der Waals surface area contributed by atoms with E-state index in [9.17, 15) is 4.91 Å². The van der Waals surface area contributed by atoms with E-state index in [2.05, 4.69) is 41.9 Å². The van der Waals surface area contributed by atoms with Gasteiger partial charge in [0.05, 0.1) is 0 Å². The lowest BCUT2D eigenvalue weighted by Gasteiger charge is -2.43. The van der Waals surface area contributed by atoms with E-state index >= 15 is 0 Å². The molecule has 19 heavy (non-hydrogen) atoms. The smallest absolute Gasteiger partial charge is 0.215 e. The Balaban J connectivity index is 1.94. The number of fused-ring (bicyclic) bond motifs is 3. The SMILES string of the molecule is CC(C)NN1C=C2C[N+](=O)CCC2C2=CC=CNC21. The van der Waals surface area contributed by atoms with Crippen molar-refractivity contribution in [1.29, 1.82) is 0 Å². The summed E-state index contributed by atoms with van der Waals surface area (Å²) in [6, 6.07) is 0.356. The van der Waals surface area contributed by atoms with Crippen molar-refractivity contribution in [2.75, 3.05) is 13.1 Å². The quantitative estimate of drug-likeness (QED) is 0.735. The molecule has 5 heteroatoms. The van der Waals surface area contributed by atoms with Crippen molar-refractivity contribution in [3.63, 3.8) is 0 Å². The fraction of sp³-hybridized carbons (Fsp3) is 0.571. The second-order valence-corrected chi connectivity index (χ2v) is 5.69. The van der Waals surface area contributed by atoms with Gasteiger partial charge in [-0.15, -0.1) is 0 Å². The average Bonchev–Trinajstić information content (AvgIpc) is 2.38. The molecule has 0 aliphatic carbocycles. The van der Waals surface area contributed by atoms with E-state index in [1.165, 1.54) is 11.1 Å². The van der Waals surface area contributed by atoms with E-state index < -0.39 is 0 Å². The molecule has 0 saturated carbocycles. The molecule has 0 aromatic heterocycles. The van der Waals surface area contributed by atoms with E-state index in [0.29, 0.717) is 25.0 Å². The zero-order valence-corrected chi connectivity index (χ0v) is 11.5. The molecule has 2 unspecified atom stereocenters. The van der Waals surface area contributed by atoms with Crippen LogP contribution in [0.1, 0.15) is 20.3 Å². The number of hydrogen-bond donors (Lipinski definition) is 2. The monoisotopic (exact) mass is 261 g/mol. The highest BCUT2D eigenvalue weighted by Gasteiger charge is 2.40. The van der Waals surface area contributed by atoms with Gasteiger partial charge in [0.1, 0.15) is 6.17 Å². The van der Waals surface area contributed by atoms with Gasteiger partial charge in [-0.3, -0.25) is 5.01 Å². The first-order valence-electron chi connectivity index (χ1n) is 6.95. The Morgan fingerprint density at radius 1 is 1.53 bits per heavy atom. The predicted molar refractivity (Wildman–Crippen MR) is 73.8 cm³/mol. The molecular weight excluding hydrogens is 240 g/mol. The van der Waals surface area contributed by atoms with Crippen LogP contribution < -0.4 is 10.7 Å². The fourth-order valence-electron chi connectivity index (χ4n) is 3.07. The number of nitroso groups, excluding NO2 is 1. The molecule has 1 saturated heterocycles. The largest absolute Gasteiger partial charge is 0.367 e. The van der Waals surface area contributed by atoms with Crippen molar-refractivity contribution in [1.82, 2.24) is 15.8 Å². The van der Waals surface area contributed by atoms with Crippen molar-refractivity contribution in [3.8, 4) is 0 Å². The minimum atomic E-state index is 0.166. The van der Waals surface area contributed by atoms with E-state index in [1.54, 1.807) is 0 Å². The lowest BCUT2D eigenvalue weighted by Crippen LogP contribution is -2.56. The molecule has 0 spiro atoms. The zero-order valence-electron chi connectivity index (χ0n) is 11.5. The third-order valence-corrected chi connectivity index (χ3v) is 3.82. The summed E-state index contributed by atoms with van der Waals surface area (Å²) in [5, 5.41) is 5.50. The summed E-state index contributed by atoms with van der Waals surface area (Å²) in [6.07, 6.45) is 9.41. The average molecular weight is 261 g/mol. The van der Waals surface area contributed by atoms with Gasteiger partial charge in [-0.05, 0) is 31.7 Å². The standard InChI is InChI=1S/C14H21N4O/c1-10(2)16-18-9-11-8-17(19)7-5-12(11)13-4-3-6-15-14(13)18/h3-4,6,9-10,12,14-16H,5,7-8H2,1-2H3/q+1. The van der Waals surface area contributed by atoms with Crippen LogP contribution in [0.25, 0.3) is 0 Å². The van der Waals surface area contributed by atoms with Gasteiger partial charge in [0.25, 0.3) is 0 Å². The first-order valence-corrected chi connectivity index (χ1v) is 6.95. The van der Waals surface area contributed by atoms with Crippen LogP contribution in [0.4, 0.5) is 0 Å². The van der Waals surface area contributed by atoms with Gasteiger partial charge in [-0.2, -0.15) is 0 Å². The number of allylic oxidation sites excluding steroid dienone is 2. The summed E-state index contributed by atoms with van der Waals surface area (Å²) in [7, 11) is 0. The van der Waals surface area contributed by atoms with Crippen molar-refractivity contribution < 1.29 is 4.76 Å². The number of dihydropyridines is 1. The first kappa shape index (κ1) is 12.4. The van der Waals surface area contributed by atoms with Gasteiger partial charge in [-0.1, -0.05) is 6.08 Å². The predicted octanol–water partition coefficient (Wildman–Crippen LogP) is 1.27. The van der Waals surface area contributed by atoms with Gasteiger partial charge in [-0.25, -0.2) is 5.43 Å². The molecule has 0 bridgehead atoms. The maximum Gasteiger partial charge on any atom is 0.215 e. The normalized spacial score (nSPS) is 29.4. The lowest BCUT2D eigenvalue weighted by molar-refractivity contribution is -0.549. The summed E-state index contributed by atoms with van der Waals surface area (Å²) in [5.41, 5.74) is 6.01. The Labute approximate surface area is 113 Å². The van der Waals surface area contributed by atoms with Gasteiger partial charge in [0, 0.05) is 39.8 Å². The number of rotatable bonds is 2. The molecular formula is C14H21N4O+. The highest BCUT2D eigenvalue weighted by atomic mass is 16.3. The first-order chi connectivity index (χ1) is 9.15. The highest BCUT2D eigenvalue weighted by Crippen LogP contribution is 2.36. The van der Waals surface area contributed by atoms with Crippen molar-refractivity contribution >= 4 is 0 Å². The molecule has 1 fully saturated rings. The lowest BCUT2D eigenvalue weighted by atomic mass is 9.81. The third-order valence-electron chi connectivity index (χ3n) is 3.82. The molecule has 3 aliphatic heterocycles. The summed E-state index contributed by atoms with van der Waals surface area (Å²) in [5.74, 6) is 0.415. The number of hydrogen-bond acceptors (Lipinski definition) is 4. The van der Waals surface area contributed by atoms with Crippen LogP contribution in [-0.2, 0) is 0 Å². The number of hydrazine groups is 1. The van der Waals surface area contributed by atoms with Crippen molar-refractivity contribution in [2.24, 2.45) is 5.92 Å². The van der Waals surface area contributed by atoms with Crippen LogP contribution in [-0.4, -0.2) is 35.1 Å². The maximum atomic E-state index is 11.6. The third kappa shape index (κ3) is 2.30. The summed E-state index contributed by atoms with van der Waals surface area (Å²) in [4.78, 5) is 11.6. The van der Waals surface area contributed by atoms with Gasteiger partial charge >= 0.3 is 0 Å². The molecule has 0 amide bonds. The number of piperidine rings is 1. The minimum Gasteiger partial charge on any atom is -0.367 e. The molecule has 5 nitrogen and oxygen atoms in total. The Bertz CT molecular complexity index is 478. The molecule has 2 atom stereocenters. The van der Waals surface area contributed by atoms with Crippen molar-refractivity contribution in [2.45, 2.75) is 32.5 Å². The van der Waals surface area contributed by atoms with Crippen LogP contribution in [0.2, 0.25) is 0 Å². The van der Waals surface area contributed by atoms with Crippen LogP contribution in [0.5, 0.6) is 0 Å². The Kier molecular flexibility index (Phi) is 3.14. The van der Waals surface area contributed by atoms with Crippen LogP contribution in [0.3, 0.4) is 0 Å². The molecule has 102 valence electrons. The van der Waals surface area contributed by atoms with Gasteiger partial charge in [0.2, 0.25) is 6.54 Å². The summed E-state index contributed by atoms with van der Waals surface area (Å²) in [6.45, 7) is 5.39. The van der Waals surface area contributed by atoms with E-state index in [4.69, 9.17) is 0 Å². The van der Waals surface area contributed by atoms with E-state index in [1.807, 2.05) is 12.3 Å². The van der Waals surface area contributed by atoms with E-state index in [0.717, 1.165) is 11.2 Å². The Morgan fingerprint density at radius 2 is 2.37 bits per heavy atom. The molecule has 3 heterocycles. The van der Waals surface area contributed by atoms with Crippen molar-refractivity contribution in [3.05, 3.63) is 40.6 Å². The molecule has 0 radical (unpaired) electrons. The van der Waals surface area contributed by atoms with E-state index in [-0.39, 0.29) is 6.17 Å². The Hall–Kier alpha value is -1.62. The molecule has 3 aliphatic rings. The van der Waals surface area contributed by atoms with Crippen LogP contribution >= 0.6 is 0 Å². The van der Waals surface area contributed by atoms with Crippen LogP contribution in [0.15, 0.2) is 35.7 Å². The fourth-order valence-corrected chi connectivity index (χ4v) is 3.07. The summed E-state index contributed by atoms with van der Waals surface area (Å²) < 4.78 is 1.16. The molecule has 0 aromatic rings. The van der Waals surface area contributed by atoms with Gasteiger partial charge in [0.15, 0.2) is 6.54 Å². The highest BCUT2D eigenvalue weighted by molar-refractivity contribution is 5.35. The maximum absolute atomic E-state index is 11.6. The summed E-state index contributed by atoms with van der Waals surface area (Å²) >= 11 is 0. The second kappa shape index (κ2) is 4.81.